The third kappa shape index (κ3) is 5.67. The normalized spacial score (nSPS) is 16.6. The molecule has 0 bridgehead atoms. The van der Waals surface area contributed by atoms with E-state index in [4.69, 9.17) is 23.4 Å². The van der Waals surface area contributed by atoms with Gasteiger partial charge in [-0.05, 0) is 30.5 Å². The Labute approximate surface area is 219 Å². The SMILES string of the molecule is COCCOC(=O)C1=C(C)N=C2SC=C(CC(=O)NCc3ccco3)N2C1c1cccc(OC)c1OC. The van der Waals surface area contributed by atoms with Gasteiger partial charge in [0.1, 0.15) is 12.4 Å². The molecule has 10 nitrogen and oxygen atoms in total. The minimum atomic E-state index is -0.660. The van der Waals surface area contributed by atoms with Crippen LogP contribution in [0.25, 0.3) is 0 Å². The number of allylic oxidation sites excluding steroid dienone is 1. The molecule has 0 saturated heterocycles. The summed E-state index contributed by atoms with van der Waals surface area (Å²) >= 11 is 1.39. The van der Waals surface area contributed by atoms with Gasteiger partial charge in [-0.25, -0.2) is 9.79 Å². The maximum Gasteiger partial charge on any atom is 0.338 e. The fraction of sp³-hybridized carbons (Fsp3) is 0.346. The molecule has 196 valence electrons. The Morgan fingerprint density at radius 2 is 1.97 bits per heavy atom. The van der Waals surface area contributed by atoms with Gasteiger partial charge in [0.15, 0.2) is 16.7 Å². The lowest BCUT2D eigenvalue weighted by Gasteiger charge is -2.37. The number of aliphatic imine (C=N–C) groups is 1. The molecule has 11 heteroatoms. The van der Waals surface area contributed by atoms with Gasteiger partial charge >= 0.3 is 5.97 Å². The first-order valence-electron chi connectivity index (χ1n) is 11.6. The molecule has 0 spiro atoms. The minimum absolute atomic E-state index is 0.0700. The first-order chi connectivity index (χ1) is 18.0. The van der Waals surface area contributed by atoms with Crippen LogP contribution in [0, 0.1) is 0 Å². The Morgan fingerprint density at radius 3 is 2.68 bits per heavy atom. The van der Waals surface area contributed by atoms with Crippen LogP contribution in [-0.2, 0) is 25.6 Å². The van der Waals surface area contributed by atoms with Crippen LogP contribution >= 0.6 is 11.8 Å². The Bertz CT molecular complexity index is 1240. The van der Waals surface area contributed by atoms with Crippen molar-refractivity contribution in [3.63, 3.8) is 0 Å². The molecule has 37 heavy (non-hydrogen) atoms. The second-order valence-corrected chi connectivity index (χ2v) is 8.97. The van der Waals surface area contributed by atoms with Crippen LogP contribution in [0.1, 0.15) is 30.7 Å². The molecule has 0 aliphatic carbocycles. The average molecular weight is 528 g/mol. The molecular formula is C26H29N3O7S. The molecule has 2 aliphatic heterocycles. The molecule has 2 aromatic rings. The summed E-state index contributed by atoms with van der Waals surface area (Å²) in [7, 11) is 4.63. The van der Waals surface area contributed by atoms with Crippen LogP contribution in [0.5, 0.6) is 11.5 Å². The second kappa shape index (κ2) is 12.0. The van der Waals surface area contributed by atoms with Crippen molar-refractivity contribution < 1.29 is 33.0 Å². The predicted octanol–water partition coefficient (Wildman–Crippen LogP) is 3.77. The number of ether oxygens (including phenoxy) is 4. The number of para-hydroxylation sites is 1. The lowest BCUT2D eigenvalue weighted by atomic mass is 9.92. The Kier molecular flexibility index (Phi) is 8.57. The van der Waals surface area contributed by atoms with Gasteiger partial charge in [0.25, 0.3) is 0 Å². The maximum atomic E-state index is 13.4. The van der Waals surface area contributed by atoms with E-state index in [-0.39, 0.29) is 32.1 Å². The summed E-state index contributed by atoms with van der Waals surface area (Å²) in [5, 5.41) is 5.39. The molecule has 0 radical (unpaired) electrons. The molecule has 1 aromatic carbocycles. The molecule has 1 aromatic heterocycles. The van der Waals surface area contributed by atoms with Gasteiger partial charge in [0.05, 0.1) is 57.4 Å². The summed E-state index contributed by atoms with van der Waals surface area (Å²) in [6.07, 6.45) is 1.63. The molecule has 1 unspecified atom stereocenters. The van der Waals surface area contributed by atoms with Crippen molar-refractivity contribution in [1.29, 1.82) is 0 Å². The number of amidine groups is 1. The molecular weight excluding hydrogens is 498 g/mol. The van der Waals surface area contributed by atoms with Crippen molar-refractivity contribution in [1.82, 2.24) is 10.2 Å². The van der Waals surface area contributed by atoms with Crippen LogP contribution in [0.2, 0.25) is 0 Å². The van der Waals surface area contributed by atoms with Gasteiger partial charge in [-0.2, -0.15) is 0 Å². The number of carbonyl (C=O) groups is 2. The van der Waals surface area contributed by atoms with E-state index in [9.17, 15) is 9.59 Å². The highest BCUT2D eigenvalue weighted by Crippen LogP contribution is 2.48. The van der Waals surface area contributed by atoms with Crippen LogP contribution in [0.15, 0.2) is 68.4 Å². The minimum Gasteiger partial charge on any atom is -0.493 e. The topological polar surface area (TPSA) is 112 Å². The van der Waals surface area contributed by atoms with Gasteiger partial charge in [0.2, 0.25) is 5.91 Å². The molecule has 4 rings (SSSR count). The fourth-order valence-electron chi connectivity index (χ4n) is 4.17. The molecule has 3 heterocycles. The summed E-state index contributed by atoms with van der Waals surface area (Å²) in [4.78, 5) is 32.8. The highest BCUT2D eigenvalue weighted by Gasteiger charge is 2.42. The largest absolute Gasteiger partial charge is 0.493 e. The quantitative estimate of drug-likeness (QED) is 0.345. The third-order valence-corrected chi connectivity index (χ3v) is 6.74. The number of fused-ring (bicyclic) bond motifs is 1. The summed E-state index contributed by atoms with van der Waals surface area (Å²) in [5.74, 6) is 0.927. The number of nitrogens with zero attached hydrogens (tertiary/aromatic N) is 2. The highest BCUT2D eigenvalue weighted by molar-refractivity contribution is 8.16. The lowest BCUT2D eigenvalue weighted by molar-refractivity contribution is -0.141. The number of thioether (sulfide) groups is 1. The summed E-state index contributed by atoms with van der Waals surface area (Å²) in [6.45, 7) is 2.40. The van der Waals surface area contributed by atoms with Gasteiger partial charge in [-0.15, -0.1) is 0 Å². The number of esters is 1. The zero-order valence-electron chi connectivity index (χ0n) is 21.1. The van der Waals surface area contributed by atoms with E-state index >= 15 is 0 Å². The molecule has 1 N–H and O–H groups in total. The number of rotatable bonds is 11. The van der Waals surface area contributed by atoms with E-state index in [2.05, 4.69) is 10.3 Å². The van der Waals surface area contributed by atoms with Gasteiger partial charge in [0, 0.05) is 18.4 Å². The monoisotopic (exact) mass is 527 g/mol. The van der Waals surface area contributed by atoms with Crippen molar-refractivity contribution in [2.75, 3.05) is 34.5 Å². The zero-order chi connectivity index (χ0) is 26.4. The average Bonchev–Trinajstić information content (AvgIpc) is 3.56. The lowest BCUT2D eigenvalue weighted by Crippen LogP contribution is -2.38. The van der Waals surface area contributed by atoms with Crippen molar-refractivity contribution in [2.24, 2.45) is 4.99 Å². The van der Waals surface area contributed by atoms with Gasteiger partial charge in [-0.3, -0.25) is 4.79 Å². The smallest absolute Gasteiger partial charge is 0.338 e. The zero-order valence-corrected chi connectivity index (χ0v) is 21.9. The number of amides is 1. The van der Waals surface area contributed by atoms with E-state index < -0.39 is 12.0 Å². The second-order valence-electron chi connectivity index (χ2n) is 8.14. The summed E-state index contributed by atoms with van der Waals surface area (Å²) in [5.41, 5.74) is 2.23. The third-order valence-electron chi connectivity index (χ3n) is 5.85. The van der Waals surface area contributed by atoms with Crippen molar-refractivity contribution in [3.8, 4) is 11.5 Å². The number of carbonyl (C=O) groups excluding carboxylic acids is 2. The Morgan fingerprint density at radius 1 is 1.14 bits per heavy atom. The number of methoxy groups -OCH3 is 3. The highest BCUT2D eigenvalue weighted by atomic mass is 32.2. The Hall–Kier alpha value is -3.70. The maximum absolute atomic E-state index is 13.4. The van der Waals surface area contributed by atoms with Crippen LogP contribution in [0.3, 0.4) is 0 Å². The number of hydrogen-bond donors (Lipinski definition) is 1. The van der Waals surface area contributed by atoms with Crippen LogP contribution in [-0.4, -0.2) is 56.5 Å². The number of furan rings is 1. The van der Waals surface area contributed by atoms with E-state index in [1.54, 1.807) is 45.6 Å². The standard InChI is InChI=1S/C26H29N3O7S/c1-16-22(25(31)36-12-11-32-2)23(19-8-5-9-20(33-3)24(19)34-4)29-17(15-37-26(29)28-16)13-21(30)27-14-18-7-6-10-35-18/h5-10,15,23H,11-14H2,1-4H3,(H,27,30). The van der Waals surface area contributed by atoms with E-state index in [1.165, 1.54) is 18.9 Å². The first-order valence-corrected chi connectivity index (χ1v) is 12.5. The summed E-state index contributed by atoms with van der Waals surface area (Å²) < 4.78 is 27.1. The molecule has 0 fully saturated rings. The summed E-state index contributed by atoms with van der Waals surface area (Å²) in [6, 6.07) is 8.37. The van der Waals surface area contributed by atoms with E-state index in [0.29, 0.717) is 45.0 Å². The molecule has 1 amide bonds. The van der Waals surface area contributed by atoms with Crippen molar-refractivity contribution in [2.45, 2.75) is 25.9 Å². The van der Waals surface area contributed by atoms with Crippen LogP contribution < -0.4 is 14.8 Å². The number of hydrogen-bond acceptors (Lipinski definition) is 10. The predicted molar refractivity (Wildman–Crippen MR) is 138 cm³/mol. The van der Waals surface area contributed by atoms with E-state index in [1.807, 2.05) is 22.4 Å². The van der Waals surface area contributed by atoms with Crippen LogP contribution in [0.4, 0.5) is 0 Å². The molecule has 2 aliphatic rings. The number of benzene rings is 1. The molecule has 1 atom stereocenters. The van der Waals surface area contributed by atoms with Crippen molar-refractivity contribution >= 4 is 28.8 Å². The number of nitrogens with one attached hydrogen (secondary N) is 1. The Balaban J connectivity index is 1.69. The first kappa shape index (κ1) is 26.4. The fourth-order valence-corrected chi connectivity index (χ4v) is 5.14. The molecule has 0 saturated carbocycles. The van der Waals surface area contributed by atoms with Gasteiger partial charge in [-0.1, -0.05) is 23.9 Å². The van der Waals surface area contributed by atoms with Crippen molar-refractivity contribution in [3.05, 3.63) is 70.3 Å². The van der Waals surface area contributed by atoms with E-state index in [0.717, 1.165) is 0 Å². The van der Waals surface area contributed by atoms with Gasteiger partial charge < -0.3 is 33.6 Å².